The Hall–Kier alpha value is -2.23. The van der Waals surface area contributed by atoms with E-state index in [1.54, 1.807) is 6.20 Å². The van der Waals surface area contributed by atoms with Crippen LogP contribution in [-0.2, 0) is 17.8 Å². The third-order valence-electron chi connectivity index (χ3n) is 3.51. The molecule has 4 heteroatoms. The predicted molar refractivity (Wildman–Crippen MR) is 95.5 cm³/mol. The minimum absolute atomic E-state index is 0.380. The molecule has 0 atom stereocenters. The van der Waals surface area contributed by atoms with Crippen molar-refractivity contribution in [3.05, 3.63) is 53.9 Å². The molecule has 130 valence electrons. The highest BCUT2D eigenvalue weighted by Gasteiger charge is 2.19. The van der Waals surface area contributed by atoms with Gasteiger partial charge < -0.3 is 9.47 Å². The summed E-state index contributed by atoms with van der Waals surface area (Å²) < 4.78 is 12.9. The van der Waals surface area contributed by atoms with Crippen LogP contribution in [0.1, 0.15) is 51.7 Å². The van der Waals surface area contributed by atoms with Gasteiger partial charge in [-0.2, -0.15) is 0 Å². The zero-order valence-electron chi connectivity index (χ0n) is 15.0. The van der Waals surface area contributed by atoms with Crippen LogP contribution in [0.3, 0.4) is 0 Å². The Bertz CT molecular complexity index is 653. The average molecular weight is 329 g/mol. The van der Waals surface area contributed by atoms with Crippen LogP contribution < -0.4 is 4.74 Å². The number of nitrogens with zero attached hydrogens (tertiary/aromatic N) is 1. The lowest BCUT2D eigenvalue weighted by Crippen LogP contribution is -2.26. The second kappa shape index (κ2) is 8.04. The van der Waals surface area contributed by atoms with E-state index in [4.69, 9.17) is 9.47 Å². The van der Waals surface area contributed by atoms with Gasteiger partial charge >= 0.3 is 6.09 Å². The first-order valence-corrected chi connectivity index (χ1v) is 8.50. The lowest BCUT2D eigenvalue weighted by molar-refractivity contribution is 0.0536. The van der Waals surface area contributed by atoms with Gasteiger partial charge in [0.2, 0.25) is 0 Å². The number of benzene rings is 1. The molecule has 0 fully saturated rings. The molecule has 24 heavy (non-hydrogen) atoms. The highest BCUT2D eigenvalue weighted by atomic mass is 16.6. The summed E-state index contributed by atoms with van der Waals surface area (Å²) in [5, 5.41) is 0. The molecule has 1 heterocycles. The topological polar surface area (TPSA) is 40.5 Å². The zero-order valence-corrected chi connectivity index (χ0v) is 15.0. The summed E-state index contributed by atoms with van der Waals surface area (Å²) in [4.78, 5) is 12.3. The van der Waals surface area contributed by atoms with E-state index in [1.165, 1.54) is 4.57 Å². The molecule has 2 rings (SSSR count). The van der Waals surface area contributed by atoms with Crippen molar-refractivity contribution in [3.63, 3.8) is 0 Å². The maximum atomic E-state index is 12.3. The second-order valence-electron chi connectivity index (χ2n) is 6.91. The highest BCUT2D eigenvalue weighted by Crippen LogP contribution is 2.24. The third kappa shape index (κ3) is 5.44. The lowest BCUT2D eigenvalue weighted by atomic mass is 10.1. The SMILES string of the molecule is CCCCc1cn(C(=O)OC(C)(C)C)cc1OCc1ccccc1. The number of carbonyl (C=O) groups is 1. The fraction of sp³-hybridized carbons (Fsp3) is 0.450. The third-order valence-corrected chi connectivity index (χ3v) is 3.51. The monoisotopic (exact) mass is 329 g/mol. The maximum absolute atomic E-state index is 12.3. The molecule has 0 saturated heterocycles. The Morgan fingerprint density at radius 2 is 1.83 bits per heavy atom. The molecular weight excluding hydrogens is 302 g/mol. The van der Waals surface area contributed by atoms with Crippen LogP contribution in [0, 0.1) is 0 Å². The molecule has 0 bridgehead atoms. The van der Waals surface area contributed by atoms with Crippen LogP contribution in [0.4, 0.5) is 4.79 Å². The Morgan fingerprint density at radius 3 is 2.46 bits per heavy atom. The summed E-state index contributed by atoms with van der Waals surface area (Å²) in [6, 6.07) is 10.0. The fourth-order valence-corrected chi connectivity index (χ4v) is 2.32. The van der Waals surface area contributed by atoms with Gasteiger partial charge in [0.1, 0.15) is 18.0 Å². The summed E-state index contributed by atoms with van der Waals surface area (Å²) in [7, 11) is 0. The van der Waals surface area contributed by atoms with Crippen molar-refractivity contribution in [1.82, 2.24) is 4.57 Å². The minimum Gasteiger partial charge on any atom is -0.487 e. The Kier molecular flexibility index (Phi) is 6.07. The number of hydrogen-bond donors (Lipinski definition) is 0. The average Bonchev–Trinajstić information content (AvgIpc) is 2.93. The van der Waals surface area contributed by atoms with Crippen LogP contribution in [0.5, 0.6) is 5.75 Å². The van der Waals surface area contributed by atoms with Crippen LogP contribution in [0.2, 0.25) is 0 Å². The Morgan fingerprint density at radius 1 is 1.12 bits per heavy atom. The van der Waals surface area contributed by atoms with Gasteiger partial charge in [-0.25, -0.2) is 4.79 Å². The number of aromatic nitrogens is 1. The van der Waals surface area contributed by atoms with Gasteiger partial charge in [0.05, 0.1) is 6.20 Å². The van der Waals surface area contributed by atoms with E-state index in [1.807, 2.05) is 57.3 Å². The van der Waals surface area contributed by atoms with E-state index in [0.29, 0.717) is 6.61 Å². The fourth-order valence-electron chi connectivity index (χ4n) is 2.32. The largest absolute Gasteiger partial charge is 0.487 e. The molecule has 0 saturated carbocycles. The van der Waals surface area contributed by atoms with E-state index in [9.17, 15) is 4.79 Å². The minimum atomic E-state index is -0.518. The van der Waals surface area contributed by atoms with Gasteiger partial charge in [0.25, 0.3) is 0 Å². The zero-order chi connectivity index (χ0) is 17.6. The molecule has 0 N–H and O–H groups in total. The van der Waals surface area contributed by atoms with Crippen molar-refractivity contribution in [2.24, 2.45) is 0 Å². The molecule has 0 aliphatic carbocycles. The van der Waals surface area contributed by atoms with Gasteiger partial charge in [-0.05, 0) is 39.2 Å². The first kappa shape index (κ1) is 18.1. The first-order valence-electron chi connectivity index (χ1n) is 8.50. The van der Waals surface area contributed by atoms with Gasteiger partial charge in [-0.3, -0.25) is 4.57 Å². The maximum Gasteiger partial charge on any atom is 0.418 e. The number of ether oxygens (including phenoxy) is 2. The van der Waals surface area contributed by atoms with Gasteiger partial charge in [0.15, 0.2) is 0 Å². The number of carbonyl (C=O) groups excluding carboxylic acids is 1. The van der Waals surface area contributed by atoms with E-state index in [-0.39, 0.29) is 6.09 Å². The van der Waals surface area contributed by atoms with E-state index in [2.05, 4.69) is 6.92 Å². The van der Waals surface area contributed by atoms with Crippen LogP contribution in [0.25, 0.3) is 0 Å². The second-order valence-corrected chi connectivity index (χ2v) is 6.91. The number of aryl methyl sites for hydroxylation is 1. The van der Waals surface area contributed by atoms with Gasteiger partial charge in [-0.15, -0.1) is 0 Å². The van der Waals surface area contributed by atoms with Crippen LogP contribution in [-0.4, -0.2) is 16.3 Å². The molecule has 1 aromatic carbocycles. The molecule has 0 unspecified atom stereocenters. The van der Waals surface area contributed by atoms with Crippen LogP contribution in [0.15, 0.2) is 42.7 Å². The quantitative estimate of drug-likeness (QED) is 0.732. The summed E-state index contributed by atoms with van der Waals surface area (Å²) in [5.74, 6) is 0.748. The van der Waals surface area contributed by atoms with E-state index < -0.39 is 5.60 Å². The predicted octanol–water partition coefficient (Wildman–Crippen LogP) is 5.19. The van der Waals surface area contributed by atoms with E-state index in [0.717, 1.165) is 36.1 Å². The Balaban J connectivity index is 2.13. The highest BCUT2D eigenvalue weighted by molar-refractivity contribution is 5.72. The molecule has 1 aromatic heterocycles. The summed E-state index contributed by atoms with van der Waals surface area (Å²) >= 11 is 0. The number of rotatable bonds is 6. The normalized spacial score (nSPS) is 11.3. The summed E-state index contributed by atoms with van der Waals surface area (Å²) in [5.41, 5.74) is 1.62. The molecule has 0 aliphatic heterocycles. The van der Waals surface area contributed by atoms with Crippen molar-refractivity contribution >= 4 is 6.09 Å². The molecule has 2 aromatic rings. The van der Waals surface area contributed by atoms with Gasteiger partial charge in [0, 0.05) is 11.8 Å². The van der Waals surface area contributed by atoms with Crippen molar-refractivity contribution in [3.8, 4) is 5.75 Å². The number of hydrogen-bond acceptors (Lipinski definition) is 3. The Labute approximate surface area is 144 Å². The van der Waals surface area contributed by atoms with Crippen molar-refractivity contribution in [1.29, 1.82) is 0 Å². The number of unbranched alkanes of at least 4 members (excludes halogenated alkanes) is 1. The van der Waals surface area contributed by atoms with Crippen molar-refractivity contribution < 1.29 is 14.3 Å². The summed E-state index contributed by atoms with van der Waals surface area (Å²) in [6.07, 6.45) is 6.20. The molecule has 0 radical (unpaired) electrons. The molecular formula is C20H27NO3. The molecule has 4 nitrogen and oxygen atoms in total. The van der Waals surface area contributed by atoms with Crippen LogP contribution >= 0.6 is 0 Å². The standard InChI is InChI=1S/C20H27NO3/c1-5-6-12-17-13-21(19(22)24-20(2,3)4)14-18(17)23-15-16-10-8-7-9-11-16/h7-11,13-14H,5-6,12,15H2,1-4H3. The van der Waals surface area contributed by atoms with Gasteiger partial charge in [-0.1, -0.05) is 43.7 Å². The summed E-state index contributed by atoms with van der Waals surface area (Å²) in [6.45, 7) is 8.21. The van der Waals surface area contributed by atoms with Crippen molar-refractivity contribution in [2.45, 2.75) is 59.2 Å². The molecule has 0 spiro atoms. The van der Waals surface area contributed by atoms with Crippen molar-refractivity contribution in [2.75, 3.05) is 0 Å². The molecule has 0 amide bonds. The lowest BCUT2D eigenvalue weighted by Gasteiger charge is -2.19. The first-order chi connectivity index (χ1) is 11.4. The smallest absolute Gasteiger partial charge is 0.418 e. The van der Waals surface area contributed by atoms with E-state index >= 15 is 0 Å². The molecule has 0 aliphatic rings.